The maximum Gasteiger partial charge on any atom is 0.329 e. The molecule has 0 saturated carbocycles. The van der Waals surface area contributed by atoms with E-state index in [2.05, 4.69) is 4.98 Å². The Balaban J connectivity index is 2.14. The van der Waals surface area contributed by atoms with Gasteiger partial charge in [-0.1, -0.05) is 0 Å². The average molecular weight is 284 g/mol. The van der Waals surface area contributed by atoms with Gasteiger partial charge in [0.25, 0.3) is 0 Å². The van der Waals surface area contributed by atoms with Crippen LogP contribution >= 0.6 is 0 Å². The number of rotatable bonds is 3. The fourth-order valence-corrected chi connectivity index (χ4v) is 2.27. The molecule has 0 aliphatic carbocycles. The minimum absolute atomic E-state index is 0.161. The van der Waals surface area contributed by atoms with Crippen molar-refractivity contribution in [2.24, 2.45) is 0 Å². The number of pyridine rings is 1. The minimum Gasteiger partial charge on any atom is -0.465 e. The molecule has 1 aromatic carbocycles. The molecule has 0 saturated heterocycles. The molecule has 0 fully saturated rings. The lowest BCUT2D eigenvalue weighted by Crippen LogP contribution is -2.16. The summed E-state index contributed by atoms with van der Waals surface area (Å²) in [4.78, 5) is 16.1. The van der Waals surface area contributed by atoms with Crippen LogP contribution in [0.5, 0.6) is 11.5 Å². The zero-order chi connectivity index (χ0) is 14.8. The van der Waals surface area contributed by atoms with E-state index in [1.54, 1.807) is 25.3 Å². The summed E-state index contributed by atoms with van der Waals surface area (Å²) in [7, 11) is 0. The standard InChI is InChI=1S/C15H12N2O4/c1-2-19-15(18)11(7-16)14-10-6-13-12(20-8-21-13)5-9(10)3-4-17-14/h3-6,11H,2,8H2,1H3. The van der Waals surface area contributed by atoms with Gasteiger partial charge < -0.3 is 14.2 Å². The van der Waals surface area contributed by atoms with E-state index in [4.69, 9.17) is 14.2 Å². The van der Waals surface area contributed by atoms with Crippen molar-refractivity contribution in [3.8, 4) is 17.6 Å². The van der Waals surface area contributed by atoms with Gasteiger partial charge in [0.1, 0.15) is 0 Å². The number of aromatic nitrogens is 1. The maximum atomic E-state index is 11.9. The number of carbonyl (C=O) groups excluding carboxylic acids is 1. The van der Waals surface area contributed by atoms with Gasteiger partial charge >= 0.3 is 5.97 Å². The normalized spacial score (nSPS) is 13.7. The van der Waals surface area contributed by atoms with E-state index in [1.165, 1.54) is 0 Å². The molecule has 6 nitrogen and oxygen atoms in total. The van der Waals surface area contributed by atoms with Crippen molar-refractivity contribution in [2.45, 2.75) is 12.8 Å². The highest BCUT2D eigenvalue weighted by molar-refractivity contribution is 5.93. The van der Waals surface area contributed by atoms with Crippen molar-refractivity contribution in [3.05, 3.63) is 30.1 Å². The summed E-state index contributed by atoms with van der Waals surface area (Å²) < 4.78 is 15.6. The topological polar surface area (TPSA) is 81.4 Å². The smallest absolute Gasteiger partial charge is 0.329 e. The number of benzene rings is 1. The summed E-state index contributed by atoms with van der Waals surface area (Å²) in [5, 5.41) is 10.8. The zero-order valence-electron chi connectivity index (χ0n) is 11.3. The van der Waals surface area contributed by atoms with Gasteiger partial charge in [-0.25, -0.2) is 0 Å². The molecule has 1 aliphatic heterocycles. The van der Waals surface area contributed by atoms with Crippen molar-refractivity contribution >= 4 is 16.7 Å². The lowest BCUT2D eigenvalue weighted by molar-refractivity contribution is -0.143. The van der Waals surface area contributed by atoms with Crippen LogP contribution in [-0.4, -0.2) is 24.4 Å². The van der Waals surface area contributed by atoms with Crippen molar-refractivity contribution < 1.29 is 19.0 Å². The number of hydrogen-bond donors (Lipinski definition) is 0. The third-order valence-electron chi connectivity index (χ3n) is 3.21. The van der Waals surface area contributed by atoms with E-state index >= 15 is 0 Å². The highest BCUT2D eigenvalue weighted by atomic mass is 16.7. The Hall–Kier alpha value is -2.81. The van der Waals surface area contributed by atoms with E-state index in [1.807, 2.05) is 12.1 Å². The lowest BCUT2D eigenvalue weighted by atomic mass is 10.00. The predicted molar refractivity (Wildman–Crippen MR) is 72.9 cm³/mol. The van der Waals surface area contributed by atoms with Crippen LogP contribution in [0, 0.1) is 11.3 Å². The molecule has 2 heterocycles. The summed E-state index contributed by atoms with van der Waals surface area (Å²) in [6.45, 7) is 2.07. The molecule has 1 atom stereocenters. The second kappa shape index (κ2) is 5.29. The number of fused-ring (bicyclic) bond motifs is 2. The number of ether oxygens (including phenoxy) is 3. The van der Waals surface area contributed by atoms with E-state index in [-0.39, 0.29) is 13.4 Å². The molecule has 21 heavy (non-hydrogen) atoms. The second-order valence-electron chi connectivity index (χ2n) is 4.44. The van der Waals surface area contributed by atoms with Crippen molar-refractivity contribution in [1.29, 1.82) is 5.26 Å². The van der Waals surface area contributed by atoms with E-state index < -0.39 is 11.9 Å². The molecule has 106 valence electrons. The molecule has 0 radical (unpaired) electrons. The monoisotopic (exact) mass is 284 g/mol. The third-order valence-corrected chi connectivity index (χ3v) is 3.21. The molecule has 0 bridgehead atoms. The van der Waals surface area contributed by atoms with Crippen LogP contribution in [0.15, 0.2) is 24.4 Å². The summed E-state index contributed by atoms with van der Waals surface area (Å²) in [6.07, 6.45) is 1.56. The minimum atomic E-state index is -1.06. The Kier molecular flexibility index (Phi) is 3.32. The Morgan fingerprint density at radius 2 is 2.24 bits per heavy atom. The van der Waals surface area contributed by atoms with E-state index in [9.17, 15) is 10.1 Å². The number of hydrogen-bond acceptors (Lipinski definition) is 6. The van der Waals surface area contributed by atoms with Crippen LogP contribution in [-0.2, 0) is 9.53 Å². The molecule has 1 aliphatic rings. The van der Waals surface area contributed by atoms with Gasteiger partial charge in [-0.15, -0.1) is 0 Å². The number of esters is 1. The predicted octanol–water partition coefficient (Wildman–Crippen LogP) is 2.13. The summed E-state index contributed by atoms with van der Waals surface area (Å²) in [5.41, 5.74) is 0.367. The first-order chi connectivity index (χ1) is 10.2. The molecular formula is C15H12N2O4. The van der Waals surface area contributed by atoms with Crippen LogP contribution in [0.2, 0.25) is 0 Å². The molecule has 1 aromatic heterocycles. The SMILES string of the molecule is CCOC(=O)C(C#N)c1nccc2cc3c(cc12)OCO3. The van der Waals surface area contributed by atoms with Crippen molar-refractivity contribution in [3.63, 3.8) is 0 Å². The number of carbonyl (C=O) groups is 1. The van der Waals surface area contributed by atoms with Gasteiger partial charge in [0, 0.05) is 11.6 Å². The third kappa shape index (κ3) is 2.23. The number of nitrogens with zero attached hydrogens (tertiary/aromatic N) is 2. The van der Waals surface area contributed by atoms with Crippen LogP contribution in [0.3, 0.4) is 0 Å². The van der Waals surface area contributed by atoms with Crippen LogP contribution in [0.1, 0.15) is 18.5 Å². The Labute approximate surface area is 120 Å². The fraction of sp³-hybridized carbons (Fsp3) is 0.267. The van der Waals surface area contributed by atoms with E-state index in [0.717, 1.165) is 5.39 Å². The molecule has 3 rings (SSSR count). The first-order valence-corrected chi connectivity index (χ1v) is 6.49. The van der Waals surface area contributed by atoms with Gasteiger partial charge in [-0.2, -0.15) is 5.26 Å². The molecule has 0 amide bonds. The fourth-order valence-electron chi connectivity index (χ4n) is 2.27. The summed E-state index contributed by atoms with van der Waals surface area (Å²) >= 11 is 0. The first kappa shape index (κ1) is 13.2. The molecule has 0 spiro atoms. The van der Waals surface area contributed by atoms with Crippen LogP contribution < -0.4 is 9.47 Å². The molecular weight excluding hydrogens is 272 g/mol. The Morgan fingerprint density at radius 1 is 1.48 bits per heavy atom. The molecule has 2 aromatic rings. The van der Waals surface area contributed by atoms with Crippen LogP contribution in [0.25, 0.3) is 10.8 Å². The highest BCUT2D eigenvalue weighted by Gasteiger charge is 2.26. The lowest BCUT2D eigenvalue weighted by Gasteiger charge is -2.11. The van der Waals surface area contributed by atoms with Crippen molar-refractivity contribution in [1.82, 2.24) is 4.98 Å². The molecule has 6 heteroatoms. The van der Waals surface area contributed by atoms with Gasteiger partial charge in [-0.05, 0) is 30.5 Å². The van der Waals surface area contributed by atoms with Gasteiger partial charge in [0.15, 0.2) is 17.4 Å². The van der Waals surface area contributed by atoms with E-state index in [0.29, 0.717) is 22.6 Å². The molecule has 0 N–H and O–H groups in total. The van der Waals surface area contributed by atoms with Crippen LogP contribution in [0.4, 0.5) is 0 Å². The zero-order valence-corrected chi connectivity index (χ0v) is 11.3. The summed E-state index contributed by atoms with van der Waals surface area (Å²) in [5.74, 6) is -0.437. The van der Waals surface area contributed by atoms with Gasteiger partial charge in [-0.3, -0.25) is 9.78 Å². The first-order valence-electron chi connectivity index (χ1n) is 6.49. The largest absolute Gasteiger partial charge is 0.465 e. The Bertz CT molecular complexity index is 751. The summed E-state index contributed by atoms with van der Waals surface area (Å²) in [6, 6.07) is 7.29. The van der Waals surface area contributed by atoms with Gasteiger partial charge in [0.2, 0.25) is 6.79 Å². The average Bonchev–Trinajstić information content (AvgIpc) is 2.93. The molecule has 1 unspecified atom stereocenters. The Morgan fingerprint density at radius 3 is 2.95 bits per heavy atom. The van der Waals surface area contributed by atoms with Gasteiger partial charge in [0.05, 0.1) is 18.4 Å². The maximum absolute atomic E-state index is 11.9. The highest BCUT2D eigenvalue weighted by Crippen LogP contribution is 2.38. The second-order valence-corrected chi connectivity index (χ2v) is 4.44. The number of nitriles is 1. The quantitative estimate of drug-likeness (QED) is 0.803. The van der Waals surface area contributed by atoms with Crippen molar-refractivity contribution in [2.75, 3.05) is 13.4 Å².